The highest BCUT2D eigenvalue weighted by Gasteiger charge is 2.69. The van der Waals surface area contributed by atoms with Gasteiger partial charge in [0.25, 0.3) is 0 Å². The lowest BCUT2D eigenvalue weighted by molar-refractivity contribution is -0.137. The molecule has 3 aromatic rings. The summed E-state index contributed by atoms with van der Waals surface area (Å²) in [6, 6.07) is 12.7. The lowest BCUT2D eigenvalue weighted by atomic mass is 9.68. The smallest absolute Gasteiger partial charge is 0.307 e. The van der Waals surface area contributed by atoms with E-state index >= 15 is 0 Å². The fraction of sp³-hybridized carbons (Fsp3) is 0.370. The highest BCUT2D eigenvalue weighted by atomic mass is 32.2. The van der Waals surface area contributed by atoms with Gasteiger partial charge < -0.3 is 4.98 Å². The molecule has 3 heterocycles. The molecule has 7 rings (SSSR count). The third-order valence-electron chi connectivity index (χ3n) is 8.59. The van der Waals surface area contributed by atoms with Crippen LogP contribution in [0.3, 0.4) is 0 Å². The second-order valence-electron chi connectivity index (χ2n) is 10.4. The second-order valence-corrected chi connectivity index (χ2v) is 12.6. The largest absolute Gasteiger partial charge is 0.416 e. The third-order valence-corrected chi connectivity index (χ3v) is 11.2. The molecule has 2 saturated carbocycles. The number of imide groups is 1. The van der Waals surface area contributed by atoms with Gasteiger partial charge in [0.05, 0.1) is 28.1 Å². The van der Waals surface area contributed by atoms with E-state index in [0.29, 0.717) is 0 Å². The summed E-state index contributed by atoms with van der Waals surface area (Å²) < 4.78 is 40.1. The van der Waals surface area contributed by atoms with Gasteiger partial charge in [-0.15, -0.1) is 11.8 Å². The number of carbonyl (C=O) groups excluding carboxylic acids is 2. The van der Waals surface area contributed by atoms with Crippen LogP contribution in [0, 0.1) is 36.5 Å². The number of nitrogens with one attached hydrogen (secondary N) is 1. The summed E-state index contributed by atoms with van der Waals surface area (Å²) in [5.74, 6) is -2.11. The summed E-state index contributed by atoms with van der Waals surface area (Å²) >= 11 is 2.79. The fourth-order valence-electron chi connectivity index (χ4n) is 7.24. The van der Waals surface area contributed by atoms with E-state index in [1.165, 1.54) is 23.5 Å². The number of aromatic amines is 1. The van der Waals surface area contributed by atoms with Crippen molar-refractivity contribution in [1.82, 2.24) is 4.98 Å². The van der Waals surface area contributed by atoms with Crippen molar-refractivity contribution in [3.63, 3.8) is 0 Å². The molecule has 2 aliphatic heterocycles. The molecular formula is C27H21F3N2O3S2. The summed E-state index contributed by atoms with van der Waals surface area (Å²) in [4.78, 5) is 44.5. The zero-order valence-electron chi connectivity index (χ0n) is 19.5. The first kappa shape index (κ1) is 23.3. The van der Waals surface area contributed by atoms with Crippen LogP contribution in [-0.2, 0) is 15.8 Å². The topological polar surface area (TPSA) is 70.2 Å². The lowest BCUT2D eigenvalue weighted by Gasteiger charge is -2.43. The van der Waals surface area contributed by atoms with Crippen molar-refractivity contribution in [3.05, 3.63) is 79.8 Å². The van der Waals surface area contributed by atoms with Crippen LogP contribution < -0.4 is 9.77 Å². The van der Waals surface area contributed by atoms with E-state index < -0.39 is 35.4 Å². The Hall–Kier alpha value is -2.85. The monoisotopic (exact) mass is 542 g/mol. The van der Waals surface area contributed by atoms with Crippen molar-refractivity contribution in [2.24, 2.45) is 29.6 Å². The molecule has 0 spiro atoms. The van der Waals surface area contributed by atoms with Crippen molar-refractivity contribution in [2.75, 3.05) is 4.90 Å². The number of carbonyl (C=O) groups is 2. The van der Waals surface area contributed by atoms with E-state index in [1.807, 2.05) is 19.1 Å². The molecule has 0 radical (unpaired) electrons. The first-order valence-corrected chi connectivity index (χ1v) is 13.8. The van der Waals surface area contributed by atoms with Crippen molar-refractivity contribution in [1.29, 1.82) is 0 Å². The minimum Gasteiger partial charge on any atom is -0.307 e. The van der Waals surface area contributed by atoms with Crippen LogP contribution in [0.4, 0.5) is 18.9 Å². The normalized spacial score (nSPS) is 32.0. The van der Waals surface area contributed by atoms with Gasteiger partial charge in [0, 0.05) is 16.0 Å². The van der Waals surface area contributed by atoms with Crippen LogP contribution in [0.1, 0.15) is 33.9 Å². The van der Waals surface area contributed by atoms with Crippen LogP contribution >= 0.6 is 23.1 Å². The van der Waals surface area contributed by atoms with E-state index in [-0.39, 0.29) is 39.5 Å². The van der Waals surface area contributed by atoms with Gasteiger partial charge in [-0.3, -0.25) is 19.3 Å². The molecule has 2 aromatic carbocycles. The molecule has 3 fully saturated rings. The predicted molar refractivity (Wildman–Crippen MR) is 134 cm³/mol. The number of benzene rings is 2. The van der Waals surface area contributed by atoms with Gasteiger partial charge in [-0.25, -0.2) is 0 Å². The Labute approximate surface area is 218 Å². The molecule has 5 nitrogen and oxygen atoms in total. The number of fused-ring (bicyclic) bond motifs is 9. The predicted octanol–water partition coefficient (Wildman–Crippen LogP) is 5.44. The highest BCUT2D eigenvalue weighted by molar-refractivity contribution is 8.00. The highest BCUT2D eigenvalue weighted by Crippen LogP contribution is 2.68. The Bertz CT molecular complexity index is 1510. The Morgan fingerprint density at radius 2 is 1.68 bits per heavy atom. The number of amides is 2. The van der Waals surface area contributed by atoms with Crippen LogP contribution in [0.25, 0.3) is 0 Å². The van der Waals surface area contributed by atoms with Gasteiger partial charge in [0.1, 0.15) is 0 Å². The van der Waals surface area contributed by atoms with Gasteiger partial charge in [-0.1, -0.05) is 47.2 Å². The van der Waals surface area contributed by atoms with Crippen molar-refractivity contribution >= 4 is 40.6 Å². The Morgan fingerprint density at radius 1 is 0.973 bits per heavy atom. The summed E-state index contributed by atoms with van der Waals surface area (Å²) in [7, 11) is 0. The average Bonchev–Trinajstić information content (AvgIpc) is 3.58. The Morgan fingerprint density at radius 3 is 2.38 bits per heavy atom. The molecule has 190 valence electrons. The number of hydrogen-bond acceptors (Lipinski definition) is 5. The summed E-state index contributed by atoms with van der Waals surface area (Å²) in [6.45, 7) is 2.01. The van der Waals surface area contributed by atoms with E-state index in [2.05, 4.69) is 17.1 Å². The molecule has 2 amide bonds. The summed E-state index contributed by atoms with van der Waals surface area (Å²) in [6.07, 6.45) is -3.84. The molecule has 1 aromatic heterocycles. The molecule has 2 bridgehead atoms. The number of aryl methyl sites for hydroxylation is 1. The summed E-state index contributed by atoms with van der Waals surface area (Å²) in [5, 5.41) is 0.867. The maximum atomic E-state index is 13.7. The van der Waals surface area contributed by atoms with Crippen molar-refractivity contribution in [3.8, 4) is 0 Å². The number of aromatic nitrogens is 1. The number of anilines is 1. The van der Waals surface area contributed by atoms with Crippen LogP contribution in [-0.4, -0.2) is 22.0 Å². The number of halogens is 3. The molecule has 4 aliphatic rings. The number of nitrogens with zero attached hydrogens (tertiary/aromatic N) is 1. The first-order valence-electron chi connectivity index (χ1n) is 12.1. The number of H-pyrrole nitrogens is 1. The molecule has 7 unspecified atom stereocenters. The lowest BCUT2D eigenvalue weighted by Crippen LogP contribution is -2.42. The van der Waals surface area contributed by atoms with Gasteiger partial charge in [-0.05, 0) is 54.9 Å². The van der Waals surface area contributed by atoms with Crippen molar-refractivity contribution in [2.45, 2.75) is 35.7 Å². The van der Waals surface area contributed by atoms with Crippen molar-refractivity contribution < 1.29 is 22.8 Å². The maximum Gasteiger partial charge on any atom is 0.416 e. The van der Waals surface area contributed by atoms with Gasteiger partial charge in [0.15, 0.2) is 0 Å². The zero-order chi connectivity index (χ0) is 25.8. The molecule has 2 aliphatic carbocycles. The van der Waals surface area contributed by atoms with Crippen LogP contribution in [0.5, 0.6) is 0 Å². The zero-order valence-corrected chi connectivity index (χ0v) is 21.1. The first-order chi connectivity index (χ1) is 17.6. The molecule has 10 heteroatoms. The number of hydrogen-bond donors (Lipinski definition) is 1. The van der Waals surface area contributed by atoms with Crippen LogP contribution in [0.2, 0.25) is 0 Å². The standard InChI is InChI=1S/C27H21F3N2O3S2/c1-11-5-7-12(8-6-11)17-18-15-10-16(21(18)36-23-22(17)37-26(35)31-23)20-19(15)24(33)32(25(20)34)14-4-2-3-13(9-14)27(28,29)30/h2-9,15-21H,10H2,1H3,(H,31,35). The quantitative estimate of drug-likeness (QED) is 0.438. The number of alkyl halides is 3. The minimum absolute atomic E-state index is 0.0206. The molecular weight excluding hydrogens is 521 g/mol. The molecule has 1 N–H and O–H groups in total. The second kappa shape index (κ2) is 7.83. The minimum atomic E-state index is -4.57. The summed E-state index contributed by atoms with van der Waals surface area (Å²) in [5.41, 5.74) is 1.29. The van der Waals surface area contributed by atoms with Gasteiger partial charge in [-0.2, -0.15) is 13.2 Å². The third kappa shape index (κ3) is 3.27. The molecule has 7 atom stereocenters. The maximum absolute atomic E-state index is 13.7. The van der Waals surface area contributed by atoms with E-state index in [1.54, 1.807) is 11.8 Å². The van der Waals surface area contributed by atoms with Gasteiger partial charge >= 0.3 is 11.0 Å². The average molecular weight is 543 g/mol. The number of thioether (sulfide) groups is 1. The van der Waals surface area contributed by atoms with Crippen LogP contribution in [0.15, 0.2) is 58.4 Å². The Kier molecular flexibility index (Phi) is 4.93. The fourth-order valence-corrected chi connectivity index (χ4v) is 10.1. The van der Waals surface area contributed by atoms with E-state index in [9.17, 15) is 27.6 Å². The van der Waals surface area contributed by atoms with E-state index in [4.69, 9.17) is 0 Å². The Balaban J connectivity index is 1.30. The molecule has 1 saturated heterocycles. The van der Waals surface area contributed by atoms with E-state index in [0.717, 1.165) is 44.5 Å². The SMILES string of the molecule is Cc1ccc(C2c3sc(=O)[nH]c3SC3C4CC(C5C(=O)N(c6cccc(C(F)(F)F)c6)C(=O)C45)C23)cc1. The number of thiazole rings is 1. The molecule has 37 heavy (non-hydrogen) atoms. The van der Waals surface area contributed by atoms with Gasteiger partial charge in [0.2, 0.25) is 11.8 Å². The number of rotatable bonds is 2.